The number of hydrogen-bond donors (Lipinski definition) is 0. The van der Waals surface area contributed by atoms with Crippen molar-refractivity contribution in [2.45, 2.75) is 19.9 Å². The van der Waals surface area contributed by atoms with Crippen LogP contribution < -0.4 is 4.74 Å². The van der Waals surface area contributed by atoms with Crippen molar-refractivity contribution in [3.63, 3.8) is 0 Å². The number of thioether (sulfide) groups is 1. The van der Waals surface area contributed by atoms with Gasteiger partial charge in [0.05, 0.1) is 18.6 Å². The molecule has 1 fully saturated rings. The summed E-state index contributed by atoms with van der Waals surface area (Å²) < 4.78 is 11.5. The lowest BCUT2D eigenvalue weighted by Gasteiger charge is -2.20. The largest absolute Gasteiger partial charge is 0.493 e. The molecule has 0 N–H and O–H groups in total. The van der Waals surface area contributed by atoms with Gasteiger partial charge in [0.2, 0.25) is 0 Å². The maximum atomic E-state index is 12.6. The first-order chi connectivity index (χ1) is 11.4. The number of thiocarbonyl (C=S) groups is 1. The molecular weight excluding hydrogens is 414 g/mol. The molecule has 128 valence electrons. The number of esters is 1. The molecule has 0 aliphatic carbocycles. The second-order valence-electron chi connectivity index (χ2n) is 4.87. The fourth-order valence-corrected chi connectivity index (χ4v) is 3.94. The molecule has 1 saturated heterocycles. The summed E-state index contributed by atoms with van der Waals surface area (Å²) >= 11 is 9.81. The first-order valence-corrected chi connectivity index (χ1v) is 9.18. The molecule has 0 radical (unpaired) electrons. The summed E-state index contributed by atoms with van der Waals surface area (Å²) in [6.45, 7) is 4.00. The van der Waals surface area contributed by atoms with Gasteiger partial charge in [-0.15, -0.1) is 0 Å². The van der Waals surface area contributed by atoms with Crippen LogP contribution in [0.5, 0.6) is 5.75 Å². The van der Waals surface area contributed by atoms with Crippen LogP contribution in [0.4, 0.5) is 0 Å². The van der Waals surface area contributed by atoms with Gasteiger partial charge in [-0.25, -0.2) is 4.79 Å². The maximum absolute atomic E-state index is 12.6. The van der Waals surface area contributed by atoms with Crippen LogP contribution in [0, 0.1) is 0 Å². The number of halogens is 1. The number of methoxy groups -OCH3 is 1. The third-order valence-corrected chi connectivity index (χ3v) is 5.14. The first kappa shape index (κ1) is 19.0. The molecule has 1 atom stereocenters. The number of carbonyl (C=O) groups is 2. The molecule has 1 aromatic carbocycles. The fourth-order valence-electron chi connectivity index (χ4n) is 2.15. The molecule has 1 unspecified atom stereocenters. The van der Waals surface area contributed by atoms with E-state index in [4.69, 9.17) is 21.7 Å². The second kappa shape index (κ2) is 8.13. The Morgan fingerprint density at radius 2 is 2.21 bits per heavy atom. The highest BCUT2D eigenvalue weighted by atomic mass is 79.9. The molecule has 0 aromatic heterocycles. The van der Waals surface area contributed by atoms with Crippen LogP contribution in [-0.2, 0) is 14.3 Å². The van der Waals surface area contributed by atoms with Crippen molar-refractivity contribution in [2.75, 3.05) is 13.7 Å². The Hall–Kier alpha value is -1.38. The molecule has 1 aromatic rings. The highest BCUT2D eigenvalue weighted by Crippen LogP contribution is 2.36. The van der Waals surface area contributed by atoms with Gasteiger partial charge in [0.15, 0.2) is 0 Å². The molecule has 1 amide bonds. The molecule has 0 saturated carbocycles. The van der Waals surface area contributed by atoms with Gasteiger partial charge < -0.3 is 9.47 Å². The van der Waals surface area contributed by atoms with E-state index in [2.05, 4.69) is 15.9 Å². The van der Waals surface area contributed by atoms with E-state index < -0.39 is 12.0 Å². The summed E-state index contributed by atoms with van der Waals surface area (Å²) in [5.41, 5.74) is 0.762. The second-order valence-corrected chi connectivity index (χ2v) is 7.46. The van der Waals surface area contributed by atoms with Gasteiger partial charge in [-0.2, -0.15) is 0 Å². The van der Waals surface area contributed by atoms with Crippen molar-refractivity contribution in [2.24, 2.45) is 0 Å². The Kier molecular flexibility index (Phi) is 6.42. The number of hydrogen-bond acceptors (Lipinski definition) is 6. The molecule has 0 spiro atoms. The predicted molar refractivity (Wildman–Crippen MR) is 102 cm³/mol. The van der Waals surface area contributed by atoms with Gasteiger partial charge in [-0.05, 0) is 38.1 Å². The van der Waals surface area contributed by atoms with E-state index in [0.717, 1.165) is 21.8 Å². The number of benzene rings is 1. The summed E-state index contributed by atoms with van der Waals surface area (Å²) in [6, 6.07) is 4.80. The summed E-state index contributed by atoms with van der Waals surface area (Å²) in [7, 11) is 1.28. The molecule has 1 aliphatic rings. The zero-order chi connectivity index (χ0) is 17.9. The normalized spacial score (nSPS) is 17.3. The van der Waals surface area contributed by atoms with Crippen molar-refractivity contribution in [3.8, 4) is 5.75 Å². The van der Waals surface area contributed by atoms with Gasteiger partial charge in [-0.3, -0.25) is 9.69 Å². The lowest BCUT2D eigenvalue weighted by Crippen LogP contribution is -2.42. The topological polar surface area (TPSA) is 55.8 Å². The summed E-state index contributed by atoms with van der Waals surface area (Å²) in [6.07, 6.45) is 1.72. The standard InChI is InChI=1S/C16H16BrNO4S2/c1-4-22-12-6-5-11(17)7-10(12)8-13-14(19)18(16(23)24-13)9(2)15(20)21-3/h5-9H,4H2,1-3H3. The smallest absolute Gasteiger partial charge is 0.328 e. The summed E-state index contributed by atoms with van der Waals surface area (Å²) in [5.74, 6) is -0.151. The molecule has 1 heterocycles. The molecule has 8 heteroatoms. The third-order valence-electron chi connectivity index (χ3n) is 3.31. The zero-order valence-corrected chi connectivity index (χ0v) is 16.6. The fraction of sp³-hybridized carbons (Fsp3) is 0.312. The van der Waals surface area contributed by atoms with E-state index in [-0.39, 0.29) is 5.91 Å². The van der Waals surface area contributed by atoms with E-state index >= 15 is 0 Å². The van der Waals surface area contributed by atoms with Crippen molar-refractivity contribution in [3.05, 3.63) is 33.1 Å². The van der Waals surface area contributed by atoms with Crippen molar-refractivity contribution < 1.29 is 19.1 Å². The van der Waals surface area contributed by atoms with E-state index in [1.807, 2.05) is 25.1 Å². The highest BCUT2D eigenvalue weighted by molar-refractivity contribution is 9.10. The minimum absolute atomic E-state index is 0.315. The van der Waals surface area contributed by atoms with Crippen LogP contribution in [0.1, 0.15) is 19.4 Å². The van der Waals surface area contributed by atoms with Crippen LogP contribution in [0.25, 0.3) is 6.08 Å². The maximum Gasteiger partial charge on any atom is 0.328 e. The quantitative estimate of drug-likeness (QED) is 0.404. The molecular formula is C16H16BrNO4S2. The van der Waals surface area contributed by atoms with Crippen LogP contribution in [0.2, 0.25) is 0 Å². The molecule has 24 heavy (non-hydrogen) atoms. The minimum atomic E-state index is -0.762. The SMILES string of the molecule is CCOc1ccc(Br)cc1C=C1SC(=S)N(C(C)C(=O)OC)C1=O. The third kappa shape index (κ3) is 3.99. The minimum Gasteiger partial charge on any atom is -0.493 e. The van der Waals surface area contributed by atoms with E-state index in [0.29, 0.717) is 21.6 Å². The van der Waals surface area contributed by atoms with Crippen molar-refractivity contribution in [1.82, 2.24) is 4.90 Å². The van der Waals surface area contributed by atoms with E-state index in [9.17, 15) is 9.59 Å². The van der Waals surface area contributed by atoms with E-state index in [1.165, 1.54) is 12.0 Å². The Balaban J connectivity index is 2.35. The Morgan fingerprint density at radius 1 is 1.50 bits per heavy atom. The van der Waals surface area contributed by atoms with Crippen molar-refractivity contribution >= 4 is 62.2 Å². The van der Waals surface area contributed by atoms with Crippen LogP contribution >= 0.6 is 39.9 Å². The lowest BCUT2D eigenvalue weighted by atomic mass is 10.1. The number of nitrogens with zero attached hydrogens (tertiary/aromatic N) is 1. The van der Waals surface area contributed by atoms with Crippen LogP contribution in [0.15, 0.2) is 27.6 Å². The lowest BCUT2D eigenvalue weighted by molar-refractivity contribution is -0.147. The van der Waals surface area contributed by atoms with Crippen LogP contribution in [-0.4, -0.2) is 40.9 Å². The van der Waals surface area contributed by atoms with Crippen molar-refractivity contribution in [1.29, 1.82) is 0 Å². The number of amides is 1. The Bertz CT molecular complexity index is 720. The summed E-state index contributed by atoms with van der Waals surface area (Å²) in [4.78, 5) is 26.0. The van der Waals surface area contributed by atoms with Gasteiger partial charge in [0.25, 0.3) is 5.91 Å². The predicted octanol–water partition coefficient (Wildman–Crippen LogP) is 3.61. The summed E-state index contributed by atoms with van der Waals surface area (Å²) in [5, 5.41) is 0. The Morgan fingerprint density at radius 3 is 2.83 bits per heavy atom. The zero-order valence-electron chi connectivity index (χ0n) is 13.4. The number of carbonyl (C=O) groups excluding carboxylic acids is 2. The van der Waals surface area contributed by atoms with Gasteiger partial charge in [0, 0.05) is 10.0 Å². The molecule has 1 aliphatic heterocycles. The molecule has 0 bridgehead atoms. The van der Waals surface area contributed by atoms with Gasteiger partial charge in [0.1, 0.15) is 16.1 Å². The number of ether oxygens (including phenoxy) is 2. The van der Waals surface area contributed by atoms with E-state index in [1.54, 1.807) is 13.0 Å². The highest BCUT2D eigenvalue weighted by Gasteiger charge is 2.38. The average molecular weight is 430 g/mol. The average Bonchev–Trinajstić information content (AvgIpc) is 2.82. The van der Waals surface area contributed by atoms with Crippen LogP contribution in [0.3, 0.4) is 0 Å². The van der Waals surface area contributed by atoms with Gasteiger partial charge >= 0.3 is 5.97 Å². The number of rotatable bonds is 5. The first-order valence-electron chi connectivity index (χ1n) is 7.16. The molecule has 2 rings (SSSR count). The monoisotopic (exact) mass is 429 g/mol. The molecule has 5 nitrogen and oxygen atoms in total. The Labute approximate surface area is 158 Å². The van der Waals surface area contributed by atoms with Gasteiger partial charge in [-0.1, -0.05) is 39.9 Å².